The van der Waals surface area contributed by atoms with Crippen molar-refractivity contribution in [2.75, 3.05) is 7.05 Å². The molecule has 0 aliphatic heterocycles. The first kappa shape index (κ1) is 14.0. The van der Waals surface area contributed by atoms with Crippen LogP contribution in [-0.4, -0.2) is 7.05 Å². The number of hydrogen-bond donors (Lipinski definition) is 1. The Morgan fingerprint density at radius 3 is 2.85 bits per heavy atom. The molecule has 0 radical (unpaired) electrons. The van der Waals surface area contributed by atoms with E-state index >= 15 is 0 Å². The maximum Gasteiger partial charge on any atom is 0.124 e. The third kappa shape index (κ3) is 3.56. The summed E-state index contributed by atoms with van der Waals surface area (Å²) in [6.07, 6.45) is 0. The number of hydrogen-bond acceptors (Lipinski definition) is 3. The third-order valence-corrected chi connectivity index (χ3v) is 2.87. The van der Waals surface area contributed by atoms with Crippen molar-refractivity contribution < 1.29 is 9.13 Å². The van der Waals surface area contributed by atoms with Gasteiger partial charge in [-0.1, -0.05) is 18.2 Å². The molecule has 4 heteroatoms. The summed E-state index contributed by atoms with van der Waals surface area (Å²) in [7, 11) is 1.88. The number of nitrogens with zero attached hydrogens (tertiary/aromatic N) is 1. The summed E-state index contributed by atoms with van der Waals surface area (Å²) >= 11 is 0. The normalized spacial score (nSPS) is 10.1. The highest BCUT2D eigenvalue weighted by Crippen LogP contribution is 2.17. The Kier molecular flexibility index (Phi) is 4.70. The lowest BCUT2D eigenvalue weighted by Gasteiger charge is -2.09. The van der Waals surface area contributed by atoms with Crippen LogP contribution >= 0.6 is 0 Å². The molecule has 3 nitrogen and oxygen atoms in total. The Morgan fingerprint density at radius 1 is 1.25 bits per heavy atom. The molecule has 0 heterocycles. The van der Waals surface area contributed by atoms with E-state index in [1.54, 1.807) is 6.07 Å². The van der Waals surface area contributed by atoms with E-state index in [9.17, 15) is 4.39 Å². The van der Waals surface area contributed by atoms with Crippen molar-refractivity contribution in [1.82, 2.24) is 5.32 Å². The molecule has 0 bridgehead atoms. The molecule has 2 aromatic carbocycles. The SMILES string of the molecule is CNCc1cccc(OCc2ccc(F)cc2C#N)c1. The van der Waals surface area contributed by atoms with Gasteiger partial charge in [-0.2, -0.15) is 5.26 Å². The molecular weight excluding hydrogens is 255 g/mol. The van der Waals surface area contributed by atoms with Gasteiger partial charge < -0.3 is 10.1 Å². The zero-order chi connectivity index (χ0) is 14.4. The fourth-order valence-corrected chi connectivity index (χ4v) is 1.89. The molecule has 0 aliphatic rings. The van der Waals surface area contributed by atoms with Crippen LogP contribution in [0.5, 0.6) is 5.75 Å². The molecule has 0 atom stereocenters. The molecule has 1 N–H and O–H groups in total. The van der Waals surface area contributed by atoms with Crippen molar-refractivity contribution in [1.29, 1.82) is 5.26 Å². The zero-order valence-corrected chi connectivity index (χ0v) is 11.2. The standard InChI is InChI=1S/C16H15FN2O/c1-19-10-12-3-2-4-16(7-12)20-11-13-5-6-15(17)8-14(13)9-18/h2-8,19H,10-11H2,1H3. The van der Waals surface area contributed by atoms with E-state index in [-0.39, 0.29) is 6.61 Å². The average molecular weight is 270 g/mol. The highest BCUT2D eigenvalue weighted by Gasteiger charge is 2.05. The summed E-state index contributed by atoms with van der Waals surface area (Å²) in [6.45, 7) is 1.00. The number of benzene rings is 2. The molecule has 102 valence electrons. The molecule has 20 heavy (non-hydrogen) atoms. The van der Waals surface area contributed by atoms with E-state index < -0.39 is 5.82 Å². The summed E-state index contributed by atoms with van der Waals surface area (Å²) in [5, 5.41) is 12.0. The Morgan fingerprint density at radius 2 is 2.10 bits per heavy atom. The van der Waals surface area contributed by atoms with Crippen LogP contribution in [-0.2, 0) is 13.2 Å². The molecule has 0 amide bonds. The highest BCUT2D eigenvalue weighted by molar-refractivity contribution is 5.38. The van der Waals surface area contributed by atoms with Crippen molar-refractivity contribution in [2.45, 2.75) is 13.2 Å². The van der Waals surface area contributed by atoms with Gasteiger partial charge in [0.1, 0.15) is 18.2 Å². The van der Waals surface area contributed by atoms with Gasteiger partial charge in [0.15, 0.2) is 0 Å². The largest absolute Gasteiger partial charge is 0.489 e. The molecule has 2 aromatic rings. The van der Waals surface area contributed by atoms with Crippen LogP contribution in [0.4, 0.5) is 4.39 Å². The maximum atomic E-state index is 13.0. The lowest BCUT2D eigenvalue weighted by Crippen LogP contribution is -2.05. The van der Waals surface area contributed by atoms with Gasteiger partial charge >= 0.3 is 0 Å². The van der Waals surface area contributed by atoms with Gasteiger partial charge in [0.25, 0.3) is 0 Å². The second-order valence-corrected chi connectivity index (χ2v) is 4.38. The van der Waals surface area contributed by atoms with Crippen molar-refractivity contribution >= 4 is 0 Å². The van der Waals surface area contributed by atoms with Crippen LogP contribution in [0.25, 0.3) is 0 Å². The Balaban J connectivity index is 2.09. The first-order valence-electron chi connectivity index (χ1n) is 6.28. The van der Waals surface area contributed by atoms with Gasteiger partial charge in [-0.3, -0.25) is 0 Å². The monoisotopic (exact) mass is 270 g/mol. The zero-order valence-electron chi connectivity index (χ0n) is 11.2. The van der Waals surface area contributed by atoms with E-state index in [2.05, 4.69) is 5.32 Å². The predicted octanol–water partition coefficient (Wildman–Crippen LogP) is 3.00. The van der Waals surface area contributed by atoms with Gasteiger partial charge in [0.05, 0.1) is 11.6 Å². The van der Waals surface area contributed by atoms with E-state index in [1.165, 1.54) is 12.1 Å². The van der Waals surface area contributed by atoms with E-state index in [0.717, 1.165) is 17.9 Å². The first-order chi connectivity index (χ1) is 9.72. The summed E-state index contributed by atoms with van der Waals surface area (Å²) < 4.78 is 18.7. The Bertz CT molecular complexity index is 635. The molecule has 0 aromatic heterocycles. The lowest BCUT2D eigenvalue weighted by molar-refractivity contribution is 0.305. The van der Waals surface area contributed by atoms with Crippen LogP contribution in [0.15, 0.2) is 42.5 Å². The molecule has 0 saturated carbocycles. The van der Waals surface area contributed by atoms with Gasteiger partial charge in [0, 0.05) is 12.1 Å². The molecular formula is C16H15FN2O. The van der Waals surface area contributed by atoms with Crippen molar-refractivity contribution in [2.24, 2.45) is 0 Å². The number of halogens is 1. The minimum Gasteiger partial charge on any atom is -0.489 e. The Labute approximate surface area is 117 Å². The smallest absolute Gasteiger partial charge is 0.124 e. The number of nitrogens with one attached hydrogen (secondary N) is 1. The van der Waals surface area contributed by atoms with Crippen molar-refractivity contribution in [3.63, 3.8) is 0 Å². The second-order valence-electron chi connectivity index (χ2n) is 4.38. The van der Waals surface area contributed by atoms with Crippen LogP contribution in [0.2, 0.25) is 0 Å². The fraction of sp³-hybridized carbons (Fsp3) is 0.188. The van der Waals surface area contributed by atoms with E-state index in [4.69, 9.17) is 10.00 Å². The minimum atomic E-state index is -0.415. The van der Waals surface area contributed by atoms with Crippen molar-refractivity contribution in [3.05, 3.63) is 65.0 Å². The molecule has 0 aliphatic carbocycles. The number of ether oxygens (including phenoxy) is 1. The van der Waals surface area contributed by atoms with Gasteiger partial charge in [-0.15, -0.1) is 0 Å². The molecule has 0 fully saturated rings. The van der Waals surface area contributed by atoms with Gasteiger partial charge in [0.2, 0.25) is 0 Å². The lowest BCUT2D eigenvalue weighted by atomic mass is 10.1. The predicted molar refractivity (Wildman–Crippen MR) is 74.7 cm³/mol. The molecule has 0 saturated heterocycles. The summed E-state index contributed by atoms with van der Waals surface area (Å²) in [5.41, 5.74) is 2.09. The molecule has 0 unspecified atom stereocenters. The average Bonchev–Trinajstić information content (AvgIpc) is 2.46. The minimum absolute atomic E-state index is 0.242. The quantitative estimate of drug-likeness (QED) is 0.908. The van der Waals surface area contributed by atoms with Crippen LogP contribution in [0.3, 0.4) is 0 Å². The van der Waals surface area contributed by atoms with E-state index in [1.807, 2.05) is 37.4 Å². The molecule has 0 spiro atoms. The van der Waals surface area contributed by atoms with E-state index in [0.29, 0.717) is 11.1 Å². The Hall–Kier alpha value is -2.38. The summed E-state index contributed by atoms with van der Waals surface area (Å²) in [4.78, 5) is 0. The van der Waals surface area contributed by atoms with Crippen LogP contribution in [0, 0.1) is 17.1 Å². The summed E-state index contributed by atoms with van der Waals surface area (Å²) in [5.74, 6) is 0.312. The maximum absolute atomic E-state index is 13.0. The topological polar surface area (TPSA) is 45.0 Å². The third-order valence-electron chi connectivity index (χ3n) is 2.87. The van der Waals surface area contributed by atoms with Gasteiger partial charge in [-0.05, 0) is 36.9 Å². The summed E-state index contributed by atoms with van der Waals surface area (Å²) in [6, 6.07) is 13.8. The molecule has 2 rings (SSSR count). The highest BCUT2D eigenvalue weighted by atomic mass is 19.1. The van der Waals surface area contributed by atoms with Crippen LogP contribution < -0.4 is 10.1 Å². The first-order valence-corrected chi connectivity index (χ1v) is 6.28. The van der Waals surface area contributed by atoms with Gasteiger partial charge in [-0.25, -0.2) is 4.39 Å². The van der Waals surface area contributed by atoms with Crippen molar-refractivity contribution in [3.8, 4) is 11.8 Å². The van der Waals surface area contributed by atoms with Crippen LogP contribution in [0.1, 0.15) is 16.7 Å². The fourth-order valence-electron chi connectivity index (χ4n) is 1.89. The second kappa shape index (κ2) is 6.69. The number of nitriles is 1. The number of rotatable bonds is 5.